The standard InChI is InChI=1S/C47H66N6O18S5/c1-32-12-15-35(75(66,67)68)28-37(32)45(2,3)40(49-21-9-24-72(57,58)59)18-13-33-27-34(31-47(30-33,44(56)51-22-26-74(63,64)65)43(55)50-20-8-6-7-11-42(54)52-48)14-19-41-46(4,5)38-29-36(76(69,70)71)16-17-39(38)53(41)23-10-25-73(60,61)62/h12-19,27-29H,6-11,20-26,30-31,48H2,1-5H3,(H,50,55)(H,51,56)(H,52,54)(H,57,58,59)(H,60,61,62)(H,63,64,65)(H,66,67,68)(H,69,70,71)/b18-13+,34-14-,41-19+,49-40?. The van der Waals surface area contributed by atoms with E-state index in [1.807, 2.05) is 5.43 Å². The molecule has 2 aromatic carbocycles. The van der Waals surface area contributed by atoms with Crippen molar-refractivity contribution in [2.45, 2.75) is 107 Å². The summed E-state index contributed by atoms with van der Waals surface area (Å²) in [4.78, 5) is 46.6. The van der Waals surface area contributed by atoms with Gasteiger partial charge in [-0.1, -0.05) is 58.4 Å². The predicted octanol–water partition coefficient (Wildman–Crippen LogP) is 3.30. The third-order valence-corrected chi connectivity index (χ3v) is 17.0. The predicted molar refractivity (Wildman–Crippen MR) is 283 cm³/mol. The Morgan fingerprint density at radius 2 is 1.32 bits per heavy atom. The minimum atomic E-state index is -4.71. The fourth-order valence-electron chi connectivity index (χ4n) is 9.04. The molecule has 1 aliphatic heterocycles. The Balaban J connectivity index is 2.00. The van der Waals surface area contributed by atoms with Crippen molar-refractivity contribution in [1.82, 2.24) is 16.1 Å². The third-order valence-electron chi connectivity index (χ3n) is 12.9. The van der Waals surface area contributed by atoms with E-state index in [-0.39, 0.29) is 68.6 Å². The van der Waals surface area contributed by atoms with E-state index in [0.717, 1.165) is 6.07 Å². The largest absolute Gasteiger partial charge is 0.355 e. The first kappa shape index (κ1) is 63.3. The highest BCUT2D eigenvalue weighted by atomic mass is 32.2. The molecule has 422 valence electrons. The molecule has 0 saturated carbocycles. The van der Waals surface area contributed by atoms with Crippen LogP contribution in [0.1, 0.15) is 95.8 Å². The van der Waals surface area contributed by atoms with Crippen LogP contribution in [0.25, 0.3) is 0 Å². The van der Waals surface area contributed by atoms with Crippen molar-refractivity contribution >= 4 is 79.7 Å². The minimum Gasteiger partial charge on any atom is -0.355 e. The van der Waals surface area contributed by atoms with E-state index >= 15 is 0 Å². The molecule has 1 atom stereocenters. The molecular formula is C47H66N6O18S5. The highest BCUT2D eigenvalue weighted by molar-refractivity contribution is 7.86. The highest BCUT2D eigenvalue weighted by Gasteiger charge is 2.48. The van der Waals surface area contributed by atoms with Gasteiger partial charge in [0.15, 0.2) is 0 Å². The third kappa shape index (κ3) is 17.7. The maximum atomic E-state index is 14.7. The van der Waals surface area contributed by atoms with Gasteiger partial charge in [0.1, 0.15) is 5.41 Å². The molecule has 2 aliphatic rings. The molecule has 1 unspecified atom stereocenters. The molecule has 0 fully saturated rings. The van der Waals surface area contributed by atoms with Crippen molar-refractivity contribution in [3.8, 4) is 0 Å². The van der Waals surface area contributed by atoms with Gasteiger partial charge in [0.25, 0.3) is 50.6 Å². The Kier molecular flexibility index (Phi) is 20.9. The first-order valence-electron chi connectivity index (χ1n) is 23.7. The molecule has 1 aliphatic carbocycles. The average molecular weight is 1160 g/mol. The topological polar surface area (TPSA) is 401 Å². The second kappa shape index (κ2) is 25.1. The van der Waals surface area contributed by atoms with Gasteiger partial charge >= 0.3 is 0 Å². The Morgan fingerprint density at radius 3 is 1.91 bits per heavy atom. The maximum Gasteiger partial charge on any atom is 0.294 e. The molecule has 24 nitrogen and oxygen atoms in total. The van der Waals surface area contributed by atoms with E-state index in [1.165, 1.54) is 42.5 Å². The quantitative estimate of drug-likeness (QED) is 0.0124. The summed E-state index contributed by atoms with van der Waals surface area (Å²) < 4.78 is 168. The van der Waals surface area contributed by atoms with Crippen molar-refractivity contribution in [3.05, 3.63) is 100 Å². The number of hydrogen-bond acceptors (Lipinski definition) is 16. The molecule has 0 radical (unpaired) electrons. The number of nitrogens with zero attached hydrogens (tertiary/aromatic N) is 2. The monoisotopic (exact) mass is 1160 g/mol. The second-order valence-electron chi connectivity index (χ2n) is 19.5. The van der Waals surface area contributed by atoms with Crippen LogP contribution in [0.2, 0.25) is 0 Å². The van der Waals surface area contributed by atoms with Gasteiger partial charge < -0.3 is 15.5 Å². The first-order chi connectivity index (χ1) is 34.9. The number of rotatable bonds is 26. The number of hydrogen-bond donors (Lipinski definition) is 9. The van der Waals surface area contributed by atoms with Gasteiger partial charge in [0.05, 0.1) is 27.0 Å². The van der Waals surface area contributed by atoms with Crippen molar-refractivity contribution in [2.24, 2.45) is 16.3 Å². The Morgan fingerprint density at radius 1 is 0.737 bits per heavy atom. The fraction of sp³-hybridized carbons (Fsp3) is 0.489. The Bertz CT molecular complexity index is 3290. The molecule has 0 aromatic heterocycles. The lowest BCUT2D eigenvalue weighted by Gasteiger charge is -2.35. The zero-order chi connectivity index (χ0) is 57.3. The molecule has 3 amide bonds. The summed E-state index contributed by atoms with van der Waals surface area (Å²) in [7, 11) is -22.9. The molecule has 0 spiro atoms. The van der Waals surface area contributed by atoms with Crippen LogP contribution in [0.3, 0.4) is 0 Å². The number of aryl methyl sites for hydroxylation is 1. The van der Waals surface area contributed by atoms with E-state index in [1.54, 1.807) is 57.7 Å². The van der Waals surface area contributed by atoms with Crippen LogP contribution in [0.5, 0.6) is 0 Å². The van der Waals surface area contributed by atoms with Gasteiger partial charge in [-0.15, -0.1) is 0 Å². The lowest BCUT2D eigenvalue weighted by atomic mass is 9.70. The van der Waals surface area contributed by atoms with Crippen LogP contribution in [0, 0.1) is 12.3 Å². The van der Waals surface area contributed by atoms with Crippen LogP contribution >= 0.6 is 0 Å². The van der Waals surface area contributed by atoms with E-state index < -0.39 is 118 Å². The fourth-order valence-corrected chi connectivity index (χ4v) is 11.4. The number of unbranched alkanes of at least 4 members (excludes halogenated alkanes) is 2. The van der Waals surface area contributed by atoms with E-state index in [0.29, 0.717) is 47.3 Å². The molecule has 76 heavy (non-hydrogen) atoms. The van der Waals surface area contributed by atoms with Gasteiger partial charge in [-0.25, -0.2) is 5.84 Å². The smallest absolute Gasteiger partial charge is 0.294 e. The normalized spacial score (nSPS) is 18.7. The summed E-state index contributed by atoms with van der Waals surface area (Å²) >= 11 is 0. The van der Waals surface area contributed by atoms with E-state index in [2.05, 4.69) is 15.6 Å². The Hall–Kier alpha value is -5.21. The lowest BCUT2D eigenvalue weighted by molar-refractivity contribution is -0.143. The summed E-state index contributed by atoms with van der Waals surface area (Å²) in [5.41, 5.74) is 0.574. The van der Waals surface area contributed by atoms with Crippen LogP contribution in [-0.2, 0) is 75.8 Å². The van der Waals surface area contributed by atoms with Crippen molar-refractivity contribution in [2.75, 3.05) is 48.3 Å². The molecule has 0 saturated heterocycles. The number of anilines is 1. The number of carbonyl (C=O) groups excluding carboxylic acids is 3. The number of amides is 3. The summed E-state index contributed by atoms with van der Waals surface area (Å²) in [6.07, 6.45) is 8.10. The van der Waals surface area contributed by atoms with Crippen LogP contribution in [-0.4, -0.2) is 132 Å². The zero-order valence-electron chi connectivity index (χ0n) is 42.5. The number of fused-ring (bicyclic) bond motifs is 1. The van der Waals surface area contributed by atoms with Gasteiger partial charge in [0, 0.05) is 60.5 Å². The van der Waals surface area contributed by atoms with E-state index in [9.17, 15) is 79.2 Å². The van der Waals surface area contributed by atoms with Crippen molar-refractivity contribution < 1.29 is 79.2 Å². The van der Waals surface area contributed by atoms with Crippen LogP contribution in [0.4, 0.5) is 5.69 Å². The van der Waals surface area contributed by atoms with Crippen molar-refractivity contribution in [3.63, 3.8) is 0 Å². The van der Waals surface area contributed by atoms with Gasteiger partial charge in [-0.3, -0.25) is 47.6 Å². The van der Waals surface area contributed by atoms with Gasteiger partial charge in [0.2, 0.25) is 17.7 Å². The summed E-state index contributed by atoms with van der Waals surface area (Å²) in [5, 5.41) is 5.26. The first-order valence-corrected chi connectivity index (χ1v) is 31.4. The number of nitrogens with one attached hydrogen (secondary N) is 3. The number of benzene rings is 2. The minimum absolute atomic E-state index is 0.00809. The van der Waals surface area contributed by atoms with Crippen LogP contribution in [0.15, 0.2) is 98.4 Å². The summed E-state index contributed by atoms with van der Waals surface area (Å²) in [5.74, 6) is 0.784. The molecule has 0 bridgehead atoms. The highest BCUT2D eigenvalue weighted by Crippen LogP contribution is 2.49. The van der Waals surface area contributed by atoms with Crippen molar-refractivity contribution in [1.29, 1.82) is 0 Å². The van der Waals surface area contributed by atoms with Gasteiger partial charge in [-0.05, 0) is 116 Å². The van der Waals surface area contributed by atoms with E-state index in [4.69, 9.17) is 5.84 Å². The average Bonchev–Trinajstić information content (AvgIpc) is 3.50. The number of carbonyl (C=O) groups is 3. The lowest BCUT2D eigenvalue weighted by Crippen LogP contribution is -2.53. The molecule has 10 N–H and O–H groups in total. The van der Waals surface area contributed by atoms with Crippen LogP contribution < -0.4 is 26.8 Å². The van der Waals surface area contributed by atoms with Gasteiger partial charge in [-0.2, -0.15) is 42.1 Å². The molecule has 4 rings (SSSR count). The number of nitrogens with two attached hydrogens (primary N) is 1. The maximum absolute atomic E-state index is 14.7. The molecule has 1 heterocycles. The molecule has 29 heteroatoms. The Labute approximate surface area is 444 Å². The molecule has 2 aromatic rings. The number of allylic oxidation sites excluding steroid dienone is 8. The zero-order valence-corrected chi connectivity index (χ0v) is 46.6. The SMILES string of the molecule is Cc1ccc(S(=O)(=O)O)cc1C(C)(C)C(/C=C/C1=CC(=C/C=C2/N(CCCS(=O)(=O)O)c3ccc(S(=O)(=O)O)cc3C2(C)C)/CC(C(=O)NCCCCCC(=O)NN)(C(=O)NCCS(=O)(=O)O)C1)=NCCCS(=O)(=O)O. The summed E-state index contributed by atoms with van der Waals surface area (Å²) in [6, 6.07) is 7.76. The molecular weight excluding hydrogens is 1100 g/mol. The number of aliphatic imine (C=N–C) groups is 1. The number of hydrazine groups is 1. The second-order valence-corrected chi connectivity index (χ2v) is 27.1. The summed E-state index contributed by atoms with van der Waals surface area (Å²) in [6.45, 7) is 7.65.